The lowest BCUT2D eigenvalue weighted by molar-refractivity contribution is -0.545. The predicted molar refractivity (Wildman–Crippen MR) is 108 cm³/mol. The summed E-state index contributed by atoms with van der Waals surface area (Å²) in [5, 5.41) is 13.7. The van der Waals surface area contributed by atoms with E-state index < -0.39 is 18.2 Å². The molecule has 2 aliphatic rings. The summed E-state index contributed by atoms with van der Waals surface area (Å²) in [4.78, 5) is 31.8. The van der Waals surface area contributed by atoms with Crippen LogP contribution in [0.3, 0.4) is 0 Å². The van der Waals surface area contributed by atoms with Crippen LogP contribution in [0.2, 0.25) is 0 Å². The Morgan fingerprint density at radius 1 is 1.24 bits per heavy atom. The van der Waals surface area contributed by atoms with Crippen LogP contribution in [-0.2, 0) is 4.79 Å². The number of hydrogen-bond donors (Lipinski definition) is 2. The third-order valence-electron chi connectivity index (χ3n) is 5.19. The van der Waals surface area contributed by atoms with E-state index in [1.807, 2.05) is 39.0 Å². The smallest absolute Gasteiger partial charge is 0.390 e. The Labute approximate surface area is 170 Å². The molecule has 2 heterocycles. The van der Waals surface area contributed by atoms with Crippen LogP contribution in [0.5, 0.6) is 5.75 Å². The van der Waals surface area contributed by atoms with Crippen molar-refractivity contribution < 1.29 is 24.0 Å². The average molecular weight is 402 g/mol. The number of aliphatic hydroxyl groups excluding tert-OH is 1. The largest absolute Gasteiger partial charge is 0.491 e. The minimum atomic E-state index is -0.860. The van der Waals surface area contributed by atoms with Gasteiger partial charge < -0.3 is 9.84 Å². The lowest BCUT2D eigenvalue weighted by Gasteiger charge is -2.32. The van der Waals surface area contributed by atoms with Crippen molar-refractivity contribution in [2.75, 3.05) is 33.8 Å². The quantitative estimate of drug-likeness (QED) is 0.668. The zero-order valence-corrected chi connectivity index (χ0v) is 17.5. The Morgan fingerprint density at radius 2 is 1.97 bits per heavy atom. The van der Waals surface area contributed by atoms with Gasteiger partial charge in [0.25, 0.3) is 5.91 Å². The number of aliphatic imine (C=N–C) groups is 1. The number of fused-ring (bicyclic) bond motifs is 1. The molecule has 3 rings (SSSR count). The number of carbonyl (C=O) groups is 2. The average Bonchev–Trinajstić information content (AvgIpc) is 3.04. The number of amidine groups is 1. The number of amides is 3. The first-order valence-corrected chi connectivity index (χ1v) is 9.64. The van der Waals surface area contributed by atoms with Gasteiger partial charge in [-0.15, -0.1) is 0 Å². The summed E-state index contributed by atoms with van der Waals surface area (Å²) in [6, 6.07) is 4.57. The van der Waals surface area contributed by atoms with Crippen molar-refractivity contribution in [2.24, 2.45) is 4.99 Å². The van der Waals surface area contributed by atoms with Gasteiger partial charge in [-0.25, -0.2) is 9.37 Å². The van der Waals surface area contributed by atoms with Crippen molar-refractivity contribution in [1.82, 2.24) is 15.1 Å². The molecule has 2 N–H and O–H groups in total. The number of likely N-dealkylation sites (N-methyl/N-ethyl adjacent to an activating group) is 2. The monoisotopic (exact) mass is 402 g/mol. The highest BCUT2D eigenvalue weighted by molar-refractivity contribution is 6.22. The lowest BCUT2D eigenvalue weighted by Crippen LogP contribution is -2.62. The van der Waals surface area contributed by atoms with Crippen LogP contribution < -0.4 is 10.1 Å². The van der Waals surface area contributed by atoms with Crippen LogP contribution in [0.4, 0.5) is 4.79 Å². The Hall–Kier alpha value is -2.94. The Kier molecular flexibility index (Phi) is 5.88. The third kappa shape index (κ3) is 3.95. The van der Waals surface area contributed by atoms with E-state index in [4.69, 9.17) is 4.74 Å². The normalized spacial score (nSPS) is 20.1. The number of aliphatic hydroxyl groups is 1. The van der Waals surface area contributed by atoms with Crippen molar-refractivity contribution in [3.8, 4) is 5.75 Å². The highest BCUT2D eigenvalue weighted by Gasteiger charge is 2.51. The van der Waals surface area contributed by atoms with E-state index in [-0.39, 0.29) is 19.1 Å². The molecule has 156 valence electrons. The number of guanidine groups is 1. The molecule has 9 nitrogen and oxygen atoms in total. The van der Waals surface area contributed by atoms with E-state index in [1.165, 1.54) is 17.5 Å². The molecule has 0 bridgehead atoms. The summed E-state index contributed by atoms with van der Waals surface area (Å²) < 4.78 is 7.42. The Bertz CT molecular complexity index is 895. The standard InChI is InChI=1S/C20H27N5O4/c1-6-21-19-22-17-16(18(27)24(5)20(28)23(17)4)25(19)10-14(26)11-29-15-8-7-12(2)13(3)9-15/h7-9,14,16,26H,6,10-11H2,1-5H3/p+1. The molecule has 9 heteroatoms. The highest BCUT2D eigenvalue weighted by atomic mass is 16.5. The van der Waals surface area contributed by atoms with Gasteiger partial charge in [0, 0.05) is 14.1 Å². The summed E-state index contributed by atoms with van der Waals surface area (Å²) in [5.41, 5.74) is 2.28. The first kappa shape index (κ1) is 20.8. The van der Waals surface area contributed by atoms with Gasteiger partial charge in [0.2, 0.25) is 11.9 Å². The van der Waals surface area contributed by atoms with E-state index in [9.17, 15) is 14.7 Å². The zero-order chi connectivity index (χ0) is 21.3. The van der Waals surface area contributed by atoms with Crippen LogP contribution in [0, 0.1) is 13.8 Å². The number of rotatable bonds is 6. The molecule has 0 saturated carbocycles. The molecule has 0 aromatic heterocycles. The Morgan fingerprint density at radius 3 is 2.62 bits per heavy atom. The zero-order valence-electron chi connectivity index (χ0n) is 17.5. The van der Waals surface area contributed by atoms with Gasteiger partial charge in [0.05, 0.1) is 13.1 Å². The summed E-state index contributed by atoms with van der Waals surface area (Å²) in [5.74, 6) is 1.12. The van der Waals surface area contributed by atoms with Gasteiger partial charge in [-0.2, -0.15) is 0 Å². The third-order valence-corrected chi connectivity index (χ3v) is 5.19. The maximum absolute atomic E-state index is 12.8. The van der Waals surface area contributed by atoms with Crippen molar-refractivity contribution in [3.63, 3.8) is 0 Å². The van der Waals surface area contributed by atoms with Crippen molar-refractivity contribution in [2.45, 2.75) is 32.9 Å². The van der Waals surface area contributed by atoms with Crippen LogP contribution in [-0.4, -0.2) is 89.2 Å². The molecular formula is C20H28N5O4+. The number of hydrogen-bond acceptors (Lipinski definition) is 6. The maximum Gasteiger partial charge on any atom is 0.390 e. The number of nitrogens with one attached hydrogen (secondary N) is 1. The number of aryl methyl sites for hydroxylation is 2. The van der Waals surface area contributed by atoms with Crippen LogP contribution in [0.15, 0.2) is 23.2 Å². The SMILES string of the molecule is CCNC1=[N+](CC(O)COc2ccc(C)c(C)c2)C2C(=O)N(C)C(=O)N(C)C2=N1. The second-order valence-corrected chi connectivity index (χ2v) is 7.33. The summed E-state index contributed by atoms with van der Waals surface area (Å²) >= 11 is 0. The number of ether oxygens (including phenoxy) is 1. The maximum atomic E-state index is 12.8. The first-order valence-electron chi connectivity index (χ1n) is 9.64. The molecule has 1 saturated heterocycles. The molecule has 1 aromatic rings. The van der Waals surface area contributed by atoms with Gasteiger partial charge in [-0.1, -0.05) is 11.1 Å². The van der Waals surface area contributed by atoms with E-state index in [0.29, 0.717) is 24.1 Å². The van der Waals surface area contributed by atoms with Crippen molar-refractivity contribution in [3.05, 3.63) is 29.3 Å². The fraction of sp³-hybridized carbons (Fsp3) is 0.500. The number of β-amino-alcohol motifs (C(OH)–C–C–N with tert-alkyl or cyclic N) is 1. The van der Waals surface area contributed by atoms with Gasteiger partial charge in [-0.05, 0) is 44.0 Å². The second kappa shape index (κ2) is 8.20. The predicted octanol–water partition coefficient (Wildman–Crippen LogP) is 0.326. The Balaban J connectivity index is 1.75. The number of urea groups is 1. The molecule has 2 unspecified atom stereocenters. The van der Waals surface area contributed by atoms with Gasteiger partial charge in [0.1, 0.15) is 18.5 Å². The van der Waals surface area contributed by atoms with E-state index in [2.05, 4.69) is 10.3 Å². The van der Waals surface area contributed by atoms with Gasteiger partial charge in [0.15, 0.2) is 0 Å². The second-order valence-electron chi connectivity index (χ2n) is 7.33. The molecule has 3 amide bonds. The van der Waals surface area contributed by atoms with Crippen molar-refractivity contribution in [1.29, 1.82) is 0 Å². The minimum Gasteiger partial charge on any atom is -0.491 e. The molecule has 29 heavy (non-hydrogen) atoms. The van der Waals surface area contributed by atoms with Crippen LogP contribution in [0.25, 0.3) is 0 Å². The fourth-order valence-corrected chi connectivity index (χ4v) is 3.37. The highest BCUT2D eigenvalue weighted by Crippen LogP contribution is 2.19. The van der Waals surface area contributed by atoms with Crippen LogP contribution >= 0.6 is 0 Å². The summed E-state index contributed by atoms with van der Waals surface area (Å²) in [6.07, 6.45) is -0.860. The number of nitrogens with zero attached hydrogens (tertiary/aromatic N) is 4. The molecule has 2 atom stereocenters. The fourth-order valence-electron chi connectivity index (χ4n) is 3.37. The number of carbonyl (C=O) groups excluding carboxylic acids is 2. The molecule has 0 radical (unpaired) electrons. The molecule has 2 aliphatic heterocycles. The topological polar surface area (TPSA) is 97.5 Å². The van der Waals surface area contributed by atoms with E-state index >= 15 is 0 Å². The van der Waals surface area contributed by atoms with Crippen molar-refractivity contribution >= 4 is 23.7 Å². The van der Waals surface area contributed by atoms with Crippen LogP contribution in [0.1, 0.15) is 18.1 Å². The summed E-state index contributed by atoms with van der Waals surface area (Å²) in [7, 11) is 3.03. The van der Waals surface area contributed by atoms with Gasteiger partial charge in [-0.3, -0.25) is 19.9 Å². The molecule has 1 fully saturated rings. The molecule has 1 aromatic carbocycles. The number of imide groups is 1. The van der Waals surface area contributed by atoms with E-state index in [1.54, 1.807) is 11.6 Å². The van der Waals surface area contributed by atoms with Gasteiger partial charge >= 0.3 is 12.0 Å². The first-order chi connectivity index (χ1) is 13.7. The van der Waals surface area contributed by atoms with E-state index in [0.717, 1.165) is 10.5 Å². The summed E-state index contributed by atoms with van der Waals surface area (Å²) in [6.45, 7) is 6.73. The molecule has 0 spiro atoms. The molecule has 0 aliphatic carbocycles. The molecular weight excluding hydrogens is 374 g/mol. The lowest BCUT2D eigenvalue weighted by atomic mass is 10.1. The minimum absolute atomic E-state index is 0.0687. The number of benzene rings is 1.